The Balaban J connectivity index is 1.51. The molecule has 4 atom stereocenters. The average molecular weight is 497 g/mol. The molecule has 4 rings (SSSR count). The van der Waals surface area contributed by atoms with Gasteiger partial charge in [-0.25, -0.2) is 9.78 Å². The molecule has 1 saturated heterocycles. The summed E-state index contributed by atoms with van der Waals surface area (Å²) in [4.78, 5) is 30.0. The Hall–Kier alpha value is -3.29. The molecule has 2 aliphatic rings. The molecular weight excluding hydrogens is 460 g/mol. The highest BCUT2D eigenvalue weighted by molar-refractivity contribution is 5.97. The fourth-order valence-corrected chi connectivity index (χ4v) is 5.48. The van der Waals surface area contributed by atoms with Gasteiger partial charge in [0.15, 0.2) is 17.2 Å². The number of amides is 1. The van der Waals surface area contributed by atoms with Crippen LogP contribution in [0.5, 0.6) is 17.2 Å². The van der Waals surface area contributed by atoms with Gasteiger partial charge in [-0.3, -0.25) is 4.79 Å². The van der Waals surface area contributed by atoms with Crippen LogP contribution in [0.4, 0.5) is 0 Å². The van der Waals surface area contributed by atoms with Gasteiger partial charge in [0.2, 0.25) is 0 Å². The summed E-state index contributed by atoms with van der Waals surface area (Å²) in [5.74, 6) is 0.256. The molecule has 0 spiro atoms. The predicted molar refractivity (Wildman–Crippen MR) is 134 cm³/mol. The standard InChI is InChI=1S/C28H36N2O6/c1-18-26(36-21-12-4-3-5-13-21)20(17-19-9-6-7-10-19)11-8-14-22(28(33)35-18)30-27(32)24-25(31)23(34-2)15-16-29-24/h3-5,12-13,15-16,18-20,22,26,31H,6-11,14,17H2,1-2H3,(H,30,32)/t18-,20+,22-,26-/m0/s1. The molecule has 2 aromatic rings. The number of hydrogen-bond donors (Lipinski definition) is 2. The molecule has 1 aliphatic carbocycles. The van der Waals surface area contributed by atoms with Crippen LogP contribution in [0.15, 0.2) is 42.6 Å². The molecule has 1 amide bonds. The van der Waals surface area contributed by atoms with E-state index in [1.807, 2.05) is 37.3 Å². The number of benzene rings is 1. The number of ether oxygens (including phenoxy) is 3. The van der Waals surface area contributed by atoms with Crippen LogP contribution in [0.3, 0.4) is 0 Å². The minimum atomic E-state index is -0.852. The number of carbonyl (C=O) groups excluding carboxylic acids is 2. The monoisotopic (exact) mass is 496 g/mol. The number of hydrogen-bond acceptors (Lipinski definition) is 7. The number of nitrogens with one attached hydrogen (secondary N) is 1. The summed E-state index contributed by atoms with van der Waals surface area (Å²) in [6.45, 7) is 1.87. The minimum absolute atomic E-state index is 0.136. The van der Waals surface area contributed by atoms with Crippen molar-refractivity contribution in [1.29, 1.82) is 0 Å². The second-order valence-corrected chi connectivity index (χ2v) is 9.85. The van der Waals surface area contributed by atoms with E-state index in [9.17, 15) is 14.7 Å². The van der Waals surface area contributed by atoms with E-state index in [2.05, 4.69) is 10.3 Å². The first kappa shape index (κ1) is 25.8. The maximum absolute atomic E-state index is 13.2. The van der Waals surface area contributed by atoms with E-state index < -0.39 is 24.0 Å². The molecular formula is C28H36N2O6. The molecule has 1 aliphatic heterocycles. The highest BCUT2D eigenvalue weighted by atomic mass is 16.6. The van der Waals surface area contributed by atoms with E-state index in [0.717, 1.165) is 25.0 Å². The Morgan fingerprint density at radius 3 is 2.58 bits per heavy atom. The van der Waals surface area contributed by atoms with Crippen LogP contribution < -0.4 is 14.8 Å². The van der Waals surface area contributed by atoms with Crippen LogP contribution in [0, 0.1) is 11.8 Å². The molecule has 1 aromatic carbocycles. The van der Waals surface area contributed by atoms with Gasteiger partial charge in [0.25, 0.3) is 5.91 Å². The van der Waals surface area contributed by atoms with Gasteiger partial charge >= 0.3 is 5.97 Å². The lowest BCUT2D eigenvalue weighted by Crippen LogP contribution is -2.45. The van der Waals surface area contributed by atoms with Crippen molar-refractivity contribution < 1.29 is 28.9 Å². The summed E-state index contributed by atoms with van der Waals surface area (Å²) in [6.07, 6.45) is 8.67. The van der Waals surface area contributed by atoms with E-state index in [1.165, 1.54) is 45.1 Å². The van der Waals surface area contributed by atoms with Crippen molar-refractivity contribution in [2.75, 3.05) is 7.11 Å². The Labute approximate surface area is 212 Å². The normalized spacial score (nSPS) is 25.2. The number of nitrogens with zero attached hydrogens (tertiary/aromatic N) is 1. The topological polar surface area (TPSA) is 107 Å². The lowest BCUT2D eigenvalue weighted by Gasteiger charge is -2.33. The summed E-state index contributed by atoms with van der Waals surface area (Å²) in [7, 11) is 1.39. The van der Waals surface area contributed by atoms with Gasteiger partial charge in [0.05, 0.1) is 7.11 Å². The predicted octanol–water partition coefficient (Wildman–Crippen LogP) is 4.65. The number of cyclic esters (lactones) is 1. The average Bonchev–Trinajstić information content (AvgIpc) is 3.40. The van der Waals surface area contributed by atoms with Gasteiger partial charge in [-0.2, -0.15) is 0 Å². The van der Waals surface area contributed by atoms with Gasteiger partial charge in [-0.15, -0.1) is 0 Å². The Morgan fingerprint density at radius 1 is 1.11 bits per heavy atom. The molecule has 2 N–H and O–H groups in total. The largest absolute Gasteiger partial charge is 0.503 e. The summed E-state index contributed by atoms with van der Waals surface area (Å²) in [6, 6.07) is 10.3. The number of aromatic hydroxyl groups is 1. The molecule has 0 unspecified atom stereocenters. The molecule has 1 aromatic heterocycles. The highest BCUT2D eigenvalue weighted by Crippen LogP contribution is 2.36. The van der Waals surface area contributed by atoms with Crippen LogP contribution in [0.25, 0.3) is 0 Å². The maximum atomic E-state index is 13.2. The molecule has 0 radical (unpaired) electrons. The van der Waals surface area contributed by atoms with Gasteiger partial charge in [0.1, 0.15) is 24.0 Å². The molecule has 2 fully saturated rings. The van der Waals surface area contributed by atoms with Gasteiger partial charge in [-0.05, 0) is 50.2 Å². The van der Waals surface area contributed by atoms with E-state index in [1.54, 1.807) is 0 Å². The van der Waals surface area contributed by atoms with Crippen molar-refractivity contribution in [3.8, 4) is 17.2 Å². The third-order valence-corrected chi connectivity index (χ3v) is 7.34. The first-order valence-electron chi connectivity index (χ1n) is 12.9. The summed E-state index contributed by atoms with van der Waals surface area (Å²) >= 11 is 0. The number of carbonyl (C=O) groups is 2. The number of methoxy groups -OCH3 is 1. The third-order valence-electron chi connectivity index (χ3n) is 7.34. The van der Waals surface area contributed by atoms with Gasteiger partial charge < -0.3 is 24.6 Å². The minimum Gasteiger partial charge on any atom is -0.503 e. The number of para-hydroxylation sites is 1. The van der Waals surface area contributed by atoms with E-state index in [4.69, 9.17) is 14.2 Å². The number of rotatable bonds is 7. The van der Waals surface area contributed by atoms with Crippen molar-refractivity contribution in [3.63, 3.8) is 0 Å². The molecule has 8 heteroatoms. The molecule has 1 saturated carbocycles. The van der Waals surface area contributed by atoms with Crippen molar-refractivity contribution in [2.45, 2.75) is 76.5 Å². The highest BCUT2D eigenvalue weighted by Gasteiger charge is 2.37. The first-order valence-corrected chi connectivity index (χ1v) is 12.9. The lowest BCUT2D eigenvalue weighted by molar-refractivity contribution is -0.156. The first-order chi connectivity index (χ1) is 17.5. The number of esters is 1. The summed E-state index contributed by atoms with van der Waals surface area (Å²) < 4.78 is 17.4. The Morgan fingerprint density at radius 2 is 1.86 bits per heavy atom. The van der Waals surface area contributed by atoms with Crippen molar-refractivity contribution >= 4 is 11.9 Å². The van der Waals surface area contributed by atoms with Gasteiger partial charge in [-0.1, -0.05) is 50.3 Å². The van der Waals surface area contributed by atoms with Crippen LogP contribution >= 0.6 is 0 Å². The van der Waals surface area contributed by atoms with Crippen molar-refractivity contribution in [3.05, 3.63) is 48.3 Å². The van der Waals surface area contributed by atoms with Crippen LogP contribution in [0.2, 0.25) is 0 Å². The van der Waals surface area contributed by atoms with Crippen molar-refractivity contribution in [1.82, 2.24) is 10.3 Å². The van der Waals surface area contributed by atoms with Gasteiger partial charge in [0, 0.05) is 12.3 Å². The number of aromatic nitrogens is 1. The van der Waals surface area contributed by atoms with Crippen LogP contribution in [-0.4, -0.2) is 47.3 Å². The SMILES string of the molecule is COc1ccnc(C(=O)N[C@H]2CCC[C@H](CC3CCCC3)[C@@H](Oc3ccccc3)[C@H](C)OC2=O)c1O. The van der Waals surface area contributed by atoms with E-state index in [-0.39, 0.29) is 29.2 Å². The third kappa shape index (κ3) is 6.28. The molecule has 36 heavy (non-hydrogen) atoms. The molecule has 0 bridgehead atoms. The summed E-state index contributed by atoms with van der Waals surface area (Å²) in [5.41, 5.74) is -0.195. The fraction of sp³-hybridized carbons (Fsp3) is 0.536. The maximum Gasteiger partial charge on any atom is 0.329 e. The second-order valence-electron chi connectivity index (χ2n) is 9.85. The number of pyridine rings is 1. The summed E-state index contributed by atoms with van der Waals surface area (Å²) in [5, 5.41) is 13.0. The Kier molecular flexibility index (Phi) is 8.67. The van der Waals surface area contributed by atoms with Crippen LogP contribution in [0.1, 0.15) is 68.8 Å². The quantitative estimate of drug-likeness (QED) is 0.537. The zero-order valence-corrected chi connectivity index (χ0v) is 21.0. The Bertz CT molecular complexity index is 1020. The fourth-order valence-electron chi connectivity index (χ4n) is 5.48. The van der Waals surface area contributed by atoms with E-state index in [0.29, 0.717) is 12.3 Å². The smallest absolute Gasteiger partial charge is 0.329 e. The molecule has 194 valence electrons. The molecule has 8 nitrogen and oxygen atoms in total. The zero-order valence-electron chi connectivity index (χ0n) is 21.0. The van der Waals surface area contributed by atoms with Crippen molar-refractivity contribution in [2.24, 2.45) is 11.8 Å². The molecule has 2 heterocycles. The van der Waals surface area contributed by atoms with E-state index >= 15 is 0 Å². The zero-order chi connectivity index (χ0) is 25.5. The second kappa shape index (κ2) is 12.1. The lowest BCUT2D eigenvalue weighted by atomic mass is 9.83. The van der Waals surface area contributed by atoms with Crippen LogP contribution in [-0.2, 0) is 9.53 Å².